The van der Waals surface area contributed by atoms with Crippen LogP contribution < -0.4 is 5.19 Å². The maximum atomic E-state index is 6.08. The Morgan fingerprint density at radius 1 is 0.710 bits per heavy atom. The van der Waals surface area contributed by atoms with Crippen LogP contribution in [-0.2, 0) is 26.5 Å². The van der Waals surface area contributed by atoms with Crippen molar-refractivity contribution in [1.29, 1.82) is 0 Å². The molecule has 7 aromatic carbocycles. The van der Waals surface area contributed by atoms with Gasteiger partial charge in [0.1, 0.15) is 0 Å². The van der Waals surface area contributed by atoms with E-state index >= 15 is 0 Å². The van der Waals surface area contributed by atoms with Crippen molar-refractivity contribution < 1.29 is 24.5 Å². The molecule has 0 aliphatic carbocycles. The number of hydrogen-bond acceptors (Lipinski definition) is 3. The van der Waals surface area contributed by atoms with Crippen molar-refractivity contribution in [3.63, 3.8) is 0 Å². The van der Waals surface area contributed by atoms with Gasteiger partial charge in [0.05, 0.1) is 24.9 Å². The van der Waals surface area contributed by atoms with Gasteiger partial charge in [0, 0.05) is 43.8 Å². The predicted molar refractivity (Wildman–Crippen MR) is 260 cm³/mol. The molecule has 62 heavy (non-hydrogen) atoms. The zero-order valence-corrected chi connectivity index (χ0v) is 40.1. The Morgan fingerprint density at radius 3 is 2.13 bits per heavy atom. The van der Waals surface area contributed by atoms with E-state index in [1.54, 1.807) is 0 Å². The van der Waals surface area contributed by atoms with Gasteiger partial charge in [-0.1, -0.05) is 134 Å². The maximum absolute atomic E-state index is 6.08. The van der Waals surface area contributed by atoms with Crippen molar-refractivity contribution in [2.24, 2.45) is 5.92 Å². The molecule has 0 fully saturated rings. The molecule has 0 spiro atoms. The molecule has 4 nitrogen and oxygen atoms in total. The Morgan fingerprint density at radius 2 is 1.40 bits per heavy atom. The van der Waals surface area contributed by atoms with Crippen LogP contribution >= 0.6 is 0 Å². The molecule has 3 heterocycles. The number of benzene rings is 7. The SMILES string of the molecule is CC(C)Cc1cc(-c2[c-]cccc2)ncc1[Si](C)(C)C.Cc1ccc2cc3cc4o[c-]c(-c5nc6ccccc6n5-c5cc(C)c(-c6ccccc6)c(C)c5)c4cc3cc2c1.[Ir]. The fourth-order valence-electron chi connectivity index (χ4n) is 8.82. The van der Waals surface area contributed by atoms with Gasteiger partial charge in [-0.3, -0.25) is 4.98 Å². The normalized spacial score (nSPS) is 11.6. The summed E-state index contributed by atoms with van der Waals surface area (Å²) < 4.78 is 8.32. The first-order valence-corrected chi connectivity index (χ1v) is 24.8. The van der Waals surface area contributed by atoms with E-state index in [-0.39, 0.29) is 20.1 Å². The molecule has 0 atom stereocenters. The topological polar surface area (TPSA) is 43.9 Å². The summed E-state index contributed by atoms with van der Waals surface area (Å²) >= 11 is 0. The first kappa shape index (κ1) is 42.8. The number of para-hydroxylation sites is 2. The molecule has 0 aliphatic rings. The summed E-state index contributed by atoms with van der Waals surface area (Å²) in [4.78, 5) is 9.82. The van der Waals surface area contributed by atoms with E-state index in [1.165, 1.54) is 54.7 Å². The molecule has 0 aliphatic heterocycles. The Hall–Kier alpha value is -5.91. The average Bonchev–Trinajstić information content (AvgIpc) is 3.83. The fourth-order valence-corrected chi connectivity index (χ4v) is 10.4. The van der Waals surface area contributed by atoms with Crippen molar-refractivity contribution in [1.82, 2.24) is 14.5 Å². The molecule has 0 saturated heterocycles. The van der Waals surface area contributed by atoms with Crippen molar-refractivity contribution >= 4 is 56.8 Å². The van der Waals surface area contributed by atoms with E-state index in [0.717, 1.165) is 62.1 Å². The second kappa shape index (κ2) is 17.5. The first-order valence-electron chi connectivity index (χ1n) is 21.3. The molecule has 1 radical (unpaired) electrons. The molecule has 6 heteroatoms. The number of furan rings is 1. The van der Waals surface area contributed by atoms with Gasteiger partial charge in [-0.25, -0.2) is 0 Å². The number of hydrogen-bond donors (Lipinski definition) is 0. The van der Waals surface area contributed by atoms with Crippen LogP contribution in [0.3, 0.4) is 0 Å². The van der Waals surface area contributed by atoms with Crippen LogP contribution in [0.2, 0.25) is 19.6 Å². The zero-order valence-electron chi connectivity index (χ0n) is 36.7. The summed E-state index contributed by atoms with van der Waals surface area (Å²) in [5.41, 5.74) is 14.6. The largest absolute Gasteiger partial charge is 0.557 e. The van der Waals surface area contributed by atoms with Gasteiger partial charge in [0.15, 0.2) is 0 Å². The monoisotopic (exact) mass is 1000 g/mol. The minimum absolute atomic E-state index is 0. The van der Waals surface area contributed by atoms with Crippen molar-refractivity contribution in [2.75, 3.05) is 0 Å². The summed E-state index contributed by atoms with van der Waals surface area (Å²) in [6.07, 6.45) is 6.47. The Bertz CT molecular complexity index is 3190. The summed E-state index contributed by atoms with van der Waals surface area (Å²) in [6, 6.07) is 52.5. The summed E-state index contributed by atoms with van der Waals surface area (Å²) in [6.45, 7) is 18.2. The molecule has 0 saturated carbocycles. The van der Waals surface area contributed by atoms with Gasteiger partial charge in [-0.15, -0.1) is 35.9 Å². The molecule has 0 unspecified atom stereocenters. The van der Waals surface area contributed by atoms with Crippen molar-refractivity contribution in [2.45, 2.75) is 60.7 Å². The second-order valence-electron chi connectivity index (χ2n) is 17.9. The Balaban J connectivity index is 0.000000214. The molecule has 10 rings (SSSR count). The van der Waals surface area contributed by atoms with E-state index in [2.05, 4.69) is 198 Å². The second-order valence-corrected chi connectivity index (χ2v) is 22.9. The van der Waals surface area contributed by atoms with Crippen LogP contribution in [0.25, 0.3) is 83.0 Å². The molecule has 0 amide bonds. The van der Waals surface area contributed by atoms with E-state index in [9.17, 15) is 0 Å². The van der Waals surface area contributed by atoms with Crippen LogP contribution in [-0.4, -0.2) is 22.6 Å². The molecule has 0 bridgehead atoms. The number of fused-ring (bicyclic) bond motifs is 4. The van der Waals surface area contributed by atoms with Gasteiger partial charge in [-0.05, 0) is 124 Å². The number of aromatic nitrogens is 3. The third-order valence-electron chi connectivity index (χ3n) is 11.6. The molecule has 311 valence electrons. The standard InChI is InChI=1S/C38H27N2O.C18H24NSi.Ir/c1-23-13-14-27-18-30-21-36-32(20-29(30)19-28(27)15-23)33(22-41-36)38-39-34-11-7-8-12-35(34)40(38)31-16-24(2)37(25(3)17-31)26-9-5-4-6-10-26;1-14(2)11-16-12-17(15-9-7-6-8-10-15)19-13-18(16)20(3,4)5;/h4-21H,1-3H3;6-9,12-14H,11H2,1-5H3;/q2*-1;. The Kier molecular flexibility index (Phi) is 12.0. The minimum atomic E-state index is -1.34. The number of aryl methyl sites for hydroxylation is 3. The summed E-state index contributed by atoms with van der Waals surface area (Å²) in [5.74, 6) is 1.49. The van der Waals surface area contributed by atoms with Gasteiger partial charge in [0.25, 0.3) is 0 Å². The first-order chi connectivity index (χ1) is 29.4. The average molecular weight is 1000 g/mol. The number of nitrogens with zero attached hydrogens (tertiary/aromatic N) is 3. The predicted octanol–water partition coefficient (Wildman–Crippen LogP) is 14.4. The zero-order chi connectivity index (χ0) is 42.4. The number of imidazole rings is 1. The molecule has 0 N–H and O–H groups in total. The van der Waals surface area contributed by atoms with E-state index < -0.39 is 8.07 Å². The van der Waals surface area contributed by atoms with Crippen LogP contribution in [0.1, 0.15) is 36.1 Å². The Labute approximate surface area is 380 Å². The third kappa shape index (κ3) is 8.48. The molecular weight excluding hydrogens is 951 g/mol. The maximum Gasteiger partial charge on any atom is 0.0798 e. The molecular formula is C56H51IrN3OSi-2. The molecule has 3 aromatic heterocycles. The van der Waals surface area contributed by atoms with Gasteiger partial charge >= 0.3 is 0 Å². The minimum Gasteiger partial charge on any atom is -0.557 e. The smallest absolute Gasteiger partial charge is 0.0798 e. The quantitative estimate of drug-likeness (QED) is 0.0908. The number of pyridine rings is 1. The summed E-state index contributed by atoms with van der Waals surface area (Å²) in [7, 11) is -1.34. The molecule has 10 aromatic rings. The van der Waals surface area contributed by atoms with Crippen molar-refractivity contribution in [3.05, 3.63) is 180 Å². The van der Waals surface area contributed by atoms with E-state index in [4.69, 9.17) is 9.40 Å². The summed E-state index contributed by atoms with van der Waals surface area (Å²) in [5, 5.41) is 7.29. The number of rotatable bonds is 7. The van der Waals surface area contributed by atoms with Gasteiger partial charge in [-0.2, -0.15) is 0 Å². The van der Waals surface area contributed by atoms with E-state index in [0.29, 0.717) is 5.92 Å². The van der Waals surface area contributed by atoms with Gasteiger partial charge < -0.3 is 14.0 Å². The van der Waals surface area contributed by atoms with Crippen LogP contribution in [0.15, 0.2) is 150 Å². The fraction of sp³-hybridized carbons (Fsp3) is 0.179. The van der Waals surface area contributed by atoms with Crippen LogP contribution in [0.4, 0.5) is 0 Å². The van der Waals surface area contributed by atoms with Crippen molar-refractivity contribution in [3.8, 4) is 39.5 Å². The van der Waals surface area contributed by atoms with E-state index in [1.807, 2.05) is 24.3 Å². The van der Waals surface area contributed by atoms with Crippen LogP contribution in [0.5, 0.6) is 0 Å². The van der Waals surface area contributed by atoms with Crippen LogP contribution in [0, 0.1) is 39.0 Å². The van der Waals surface area contributed by atoms with Gasteiger partial charge in [0.2, 0.25) is 0 Å². The third-order valence-corrected chi connectivity index (χ3v) is 13.7.